The Morgan fingerprint density at radius 2 is 1.94 bits per heavy atom. The van der Waals surface area contributed by atoms with E-state index in [0.29, 0.717) is 24.3 Å². The largest absolute Gasteiger partial charge is 0.457 e. The Hall–Kier alpha value is -2.44. The van der Waals surface area contributed by atoms with E-state index in [1.165, 1.54) is 23.6 Å². The molecule has 6 nitrogen and oxygen atoms in total. The molecule has 1 aliphatic heterocycles. The summed E-state index contributed by atoms with van der Waals surface area (Å²) < 4.78 is 11.8. The molecule has 2 heterocycles. The molecule has 1 aromatic heterocycles. The van der Waals surface area contributed by atoms with Crippen LogP contribution in [0.15, 0.2) is 35.9 Å². The number of H-pyrrole nitrogens is 1. The van der Waals surface area contributed by atoms with E-state index in [0.717, 1.165) is 24.8 Å². The van der Waals surface area contributed by atoms with Gasteiger partial charge in [0, 0.05) is 34.4 Å². The highest BCUT2D eigenvalue weighted by Gasteiger charge is 2.70. The van der Waals surface area contributed by atoms with Gasteiger partial charge in [0.25, 0.3) is 0 Å². The average Bonchev–Trinajstić information content (AvgIpc) is 3.29. The fourth-order valence-corrected chi connectivity index (χ4v) is 8.23. The van der Waals surface area contributed by atoms with Gasteiger partial charge in [0.2, 0.25) is 0 Å². The van der Waals surface area contributed by atoms with E-state index in [2.05, 4.69) is 43.1 Å². The quantitative estimate of drug-likeness (QED) is 0.621. The number of hydrogen-bond donors (Lipinski definition) is 2. The molecule has 2 fully saturated rings. The van der Waals surface area contributed by atoms with Crippen LogP contribution in [0.1, 0.15) is 71.6 Å². The Morgan fingerprint density at radius 3 is 2.69 bits per heavy atom. The lowest BCUT2D eigenvalue weighted by Crippen LogP contribution is -2.68. The molecule has 2 saturated carbocycles. The predicted molar refractivity (Wildman–Crippen MR) is 132 cm³/mol. The number of carbonyl (C=O) groups is 2. The number of carbonyl (C=O) groups excluding carboxylic acids is 2. The second-order valence-electron chi connectivity index (χ2n) is 12.1. The first-order chi connectivity index (χ1) is 16.4. The average molecular weight is 478 g/mol. The molecule has 6 rings (SSSR count). The maximum Gasteiger partial charge on any atom is 0.303 e. The highest BCUT2D eigenvalue weighted by Crippen LogP contribution is 2.69. The molecule has 35 heavy (non-hydrogen) atoms. The number of aromatic nitrogens is 1. The van der Waals surface area contributed by atoms with Crippen molar-refractivity contribution < 1.29 is 24.2 Å². The number of para-hydroxylation sites is 1. The van der Waals surface area contributed by atoms with Gasteiger partial charge >= 0.3 is 5.97 Å². The number of ketones is 1. The smallest absolute Gasteiger partial charge is 0.303 e. The van der Waals surface area contributed by atoms with Crippen LogP contribution in [0.2, 0.25) is 0 Å². The maximum absolute atomic E-state index is 13.3. The molecule has 4 aliphatic rings. The molecule has 6 unspecified atom stereocenters. The Kier molecular flexibility index (Phi) is 4.64. The fraction of sp³-hybridized carbons (Fsp3) is 0.586. The van der Waals surface area contributed by atoms with Crippen LogP contribution in [0.3, 0.4) is 0 Å². The zero-order valence-corrected chi connectivity index (χ0v) is 21.2. The van der Waals surface area contributed by atoms with Crippen molar-refractivity contribution in [1.82, 2.24) is 4.98 Å². The third-order valence-corrected chi connectivity index (χ3v) is 10.1. The summed E-state index contributed by atoms with van der Waals surface area (Å²) in [7, 11) is 0. The number of rotatable bonds is 2. The number of ether oxygens (including phenoxy) is 2. The van der Waals surface area contributed by atoms with Crippen LogP contribution in [0.4, 0.5) is 0 Å². The van der Waals surface area contributed by atoms with Crippen LogP contribution >= 0.6 is 0 Å². The predicted octanol–water partition coefficient (Wildman–Crippen LogP) is 4.53. The summed E-state index contributed by atoms with van der Waals surface area (Å²) in [5.74, 6) is -0.255. The summed E-state index contributed by atoms with van der Waals surface area (Å²) in [6.45, 7) is 9.29. The number of fused-ring (bicyclic) bond motifs is 9. The van der Waals surface area contributed by atoms with Gasteiger partial charge in [-0.15, -0.1) is 0 Å². The van der Waals surface area contributed by atoms with Gasteiger partial charge < -0.3 is 19.6 Å². The zero-order chi connectivity index (χ0) is 25.0. The van der Waals surface area contributed by atoms with E-state index >= 15 is 0 Å². The second kappa shape index (κ2) is 7.07. The van der Waals surface area contributed by atoms with Gasteiger partial charge in [-0.25, -0.2) is 0 Å². The van der Waals surface area contributed by atoms with E-state index in [9.17, 15) is 14.7 Å². The highest BCUT2D eigenvalue weighted by molar-refractivity contribution is 5.96. The molecule has 2 N–H and O–H groups in total. The van der Waals surface area contributed by atoms with Gasteiger partial charge in [-0.05, 0) is 75.1 Å². The number of esters is 1. The first-order valence-corrected chi connectivity index (χ1v) is 12.9. The van der Waals surface area contributed by atoms with E-state index in [-0.39, 0.29) is 17.3 Å². The molecule has 1 aromatic carbocycles. The van der Waals surface area contributed by atoms with Crippen molar-refractivity contribution in [3.63, 3.8) is 0 Å². The Balaban J connectivity index is 1.44. The number of aliphatic hydroxyl groups is 1. The van der Waals surface area contributed by atoms with Gasteiger partial charge in [0.05, 0.1) is 11.7 Å². The van der Waals surface area contributed by atoms with E-state index in [1.54, 1.807) is 19.9 Å². The van der Waals surface area contributed by atoms with Crippen molar-refractivity contribution >= 4 is 22.7 Å². The van der Waals surface area contributed by atoms with Crippen LogP contribution in [0, 0.1) is 11.3 Å². The normalized spacial score (nSPS) is 38.3. The molecule has 0 radical (unpaired) electrons. The molecule has 186 valence electrons. The Morgan fingerprint density at radius 1 is 1.20 bits per heavy atom. The Bertz CT molecular complexity index is 1290. The SMILES string of the molecule is CC(=O)OC(C)(C)C1OC2CCC3(C)C(O)(CCC4Cc5c([nH]c6ccccc56)C43C)C2=CC1=O. The van der Waals surface area contributed by atoms with E-state index < -0.39 is 28.7 Å². The molecule has 6 heteroatoms. The van der Waals surface area contributed by atoms with Crippen molar-refractivity contribution in [2.75, 3.05) is 0 Å². The number of hydrogen-bond acceptors (Lipinski definition) is 5. The monoisotopic (exact) mass is 477 g/mol. The molecule has 0 spiro atoms. The van der Waals surface area contributed by atoms with E-state index in [1.807, 2.05) is 0 Å². The molecule has 3 aliphatic carbocycles. The number of nitrogens with one attached hydrogen (secondary N) is 1. The standard InChI is InChI=1S/C29H35NO5/c1-16(31)35-26(2,3)25-22(32)15-20-23(34-25)11-12-27(4)28(5)17(10-13-29(20,27)33)14-19-18-8-6-7-9-21(18)30-24(19)28/h6-9,15,17,23,25,30,33H,10-14H2,1-5H3. The Labute approximate surface area is 206 Å². The fourth-order valence-electron chi connectivity index (χ4n) is 8.23. The van der Waals surface area contributed by atoms with Gasteiger partial charge in [-0.1, -0.05) is 32.0 Å². The van der Waals surface area contributed by atoms with Crippen LogP contribution in [0.25, 0.3) is 10.9 Å². The molecular weight excluding hydrogens is 442 g/mol. The molecule has 2 aromatic rings. The summed E-state index contributed by atoms with van der Waals surface area (Å²) in [4.78, 5) is 28.7. The topological polar surface area (TPSA) is 88.6 Å². The van der Waals surface area contributed by atoms with Gasteiger partial charge in [0.1, 0.15) is 5.60 Å². The van der Waals surface area contributed by atoms with Gasteiger partial charge in [-0.2, -0.15) is 0 Å². The highest BCUT2D eigenvalue weighted by atomic mass is 16.6. The second-order valence-corrected chi connectivity index (χ2v) is 12.1. The summed E-state index contributed by atoms with van der Waals surface area (Å²) in [5.41, 5.74) is 1.55. The van der Waals surface area contributed by atoms with Gasteiger partial charge in [-0.3, -0.25) is 9.59 Å². The summed E-state index contributed by atoms with van der Waals surface area (Å²) >= 11 is 0. The van der Waals surface area contributed by atoms with Crippen molar-refractivity contribution in [1.29, 1.82) is 0 Å². The van der Waals surface area contributed by atoms with Crippen molar-refractivity contribution in [2.24, 2.45) is 11.3 Å². The first-order valence-electron chi connectivity index (χ1n) is 12.9. The minimum absolute atomic E-state index is 0.245. The lowest BCUT2D eigenvalue weighted by Gasteiger charge is -2.64. The molecular formula is C29H35NO5. The molecule has 0 amide bonds. The molecule has 0 bridgehead atoms. The van der Waals surface area contributed by atoms with Crippen molar-refractivity contribution in [3.05, 3.63) is 47.2 Å². The maximum atomic E-state index is 13.3. The van der Waals surface area contributed by atoms with Crippen LogP contribution < -0.4 is 0 Å². The van der Waals surface area contributed by atoms with Crippen LogP contribution in [-0.2, 0) is 30.9 Å². The van der Waals surface area contributed by atoms with Crippen LogP contribution in [0.5, 0.6) is 0 Å². The van der Waals surface area contributed by atoms with Crippen molar-refractivity contribution in [2.45, 2.75) is 95.5 Å². The van der Waals surface area contributed by atoms with Gasteiger partial charge in [0.15, 0.2) is 11.9 Å². The number of benzene rings is 1. The van der Waals surface area contributed by atoms with Crippen LogP contribution in [-0.4, -0.2) is 45.3 Å². The number of aromatic amines is 1. The summed E-state index contributed by atoms with van der Waals surface area (Å²) in [6, 6.07) is 8.47. The molecule has 0 saturated heterocycles. The molecule has 6 atom stereocenters. The third-order valence-electron chi connectivity index (χ3n) is 10.1. The lowest BCUT2D eigenvalue weighted by molar-refractivity contribution is -0.202. The summed E-state index contributed by atoms with van der Waals surface area (Å²) in [6.07, 6.45) is 4.37. The zero-order valence-electron chi connectivity index (χ0n) is 21.2. The first kappa shape index (κ1) is 23.0. The third kappa shape index (κ3) is 2.78. The summed E-state index contributed by atoms with van der Waals surface area (Å²) in [5, 5.41) is 13.8. The minimum atomic E-state index is -1.15. The lowest BCUT2D eigenvalue weighted by atomic mass is 9.42. The van der Waals surface area contributed by atoms with E-state index in [4.69, 9.17) is 9.47 Å². The minimum Gasteiger partial charge on any atom is -0.457 e. The van der Waals surface area contributed by atoms with Crippen molar-refractivity contribution in [3.8, 4) is 0 Å².